The highest BCUT2D eigenvalue weighted by molar-refractivity contribution is 5.85. The van der Waals surface area contributed by atoms with Crippen LogP contribution in [0.2, 0.25) is 0 Å². The van der Waals surface area contributed by atoms with Crippen molar-refractivity contribution in [1.82, 2.24) is 5.32 Å². The van der Waals surface area contributed by atoms with Crippen molar-refractivity contribution in [3.63, 3.8) is 0 Å². The molecule has 1 aromatic carbocycles. The Morgan fingerprint density at radius 1 is 1.04 bits per heavy atom. The van der Waals surface area contributed by atoms with Gasteiger partial charge in [0.2, 0.25) is 0 Å². The number of carboxylic acid groups (broad SMARTS) is 1. The van der Waals surface area contributed by atoms with Crippen molar-refractivity contribution in [3.8, 4) is 11.5 Å². The van der Waals surface area contributed by atoms with Crippen LogP contribution in [0.4, 0.5) is 0 Å². The Bertz CT molecular complexity index is 619. The molecular formula is C18H26ClNO6. The van der Waals surface area contributed by atoms with Crippen LogP contribution in [-0.4, -0.2) is 35.1 Å². The van der Waals surface area contributed by atoms with Crippen LogP contribution in [0.1, 0.15) is 52.5 Å². The van der Waals surface area contributed by atoms with E-state index in [2.05, 4.69) is 5.32 Å². The van der Waals surface area contributed by atoms with Crippen LogP contribution in [-0.2, 0) is 14.4 Å². The fourth-order valence-corrected chi connectivity index (χ4v) is 2.23. The lowest BCUT2D eigenvalue weighted by molar-refractivity contribution is -0.137. The molecule has 1 rings (SSSR count). The Kier molecular flexibility index (Phi) is 9.31. The van der Waals surface area contributed by atoms with Gasteiger partial charge in [-0.25, -0.2) is 0 Å². The number of hydrogen-bond acceptors (Lipinski definition) is 6. The Hall–Kier alpha value is -2.12. The van der Waals surface area contributed by atoms with E-state index in [-0.39, 0.29) is 41.8 Å². The number of aliphatic carboxylic acids is 1. The second-order valence-electron chi connectivity index (χ2n) is 6.85. The number of benzene rings is 1. The molecule has 0 heterocycles. The van der Waals surface area contributed by atoms with Crippen molar-refractivity contribution in [3.05, 3.63) is 23.8 Å². The summed E-state index contributed by atoms with van der Waals surface area (Å²) in [4.78, 5) is 33.7. The lowest BCUT2D eigenvalue weighted by atomic mass is 9.94. The van der Waals surface area contributed by atoms with E-state index in [1.165, 1.54) is 19.9 Å². The third-order valence-corrected chi connectivity index (χ3v) is 3.20. The van der Waals surface area contributed by atoms with Crippen molar-refractivity contribution >= 4 is 30.3 Å². The van der Waals surface area contributed by atoms with Gasteiger partial charge in [0.25, 0.3) is 0 Å². The Morgan fingerprint density at radius 2 is 1.50 bits per heavy atom. The predicted molar refractivity (Wildman–Crippen MR) is 99.1 cm³/mol. The van der Waals surface area contributed by atoms with E-state index < -0.39 is 17.9 Å². The van der Waals surface area contributed by atoms with Crippen LogP contribution in [0.25, 0.3) is 0 Å². The average Bonchev–Trinajstić information content (AvgIpc) is 2.40. The fraction of sp³-hybridized carbons (Fsp3) is 0.500. The molecule has 0 bridgehead atoms. The van der Waals surface area contributed by atoms with Crippen molar-refractivity contribution in [1.29, 1.82) is 0 Å². The number of esters is 2. The SMILES string of the molecule is CC(=O)Oc1cc(OC(C)=O)cc(C(CNC(C)(C)C)CC(=O)O)c1.Cl. The Labute approximate surface area is 159 Å². The van der Waals surface area contributed by atoms with Crippen molar-refractivity contribution in [2.45, 2.75) is 52.5 Å². The van der Waals surface area contributed by atoms with Crippen LogP contribution in [0, 0.1) is 0 Å². The zero-order valence-corrected chi connectivity index (χ0v) is 16.4. The van der Waals surface area contributed by atoms with E-state index >= 15 is 0 Å². The summed E-state index contributed by atoms with van der Waals surface area (Å²) < 4.78 is 10.2. The second-order valence-corrected chi connectivity index (χ2v) is 6.85. The summed E-state index contributed by atoms with van der Waals surface area (Å²) in [6.07, 6.45) is -0.119. The number of carbonyl (C=O) groups excluding carboxylic acids is 2. The molecule has 0 radical (unpaired) electrons. The van der Waals surface area contributed by atoms with Gasteiger partial charge >= 0.3 is 17.9 Å². The van der Waals surface area contributed by atoms with Crippen molar-refractivity contribution in [2.75, 3.05) is 6.54 Å². The zero-order chi connectivity index (χ0) is 19.2. The van der Waals surface area contributed by atoms with Gasteiger partial charge < -0.3 is 19.9 Å². The minimum atomic E-state index is -0.951. The van der Waals surface area contributed by atoms with Crippen molar-refractivity contribution < 1.29 is 29.0 Å². The summed E-state index contributed by atoms with van der Waals surface area (Å²) in [6, 6.07) is 4.60. The number of carboxylic acids is 1. The standard InChI is InChI=1S/C18H25NO6.ClH/c1-11(20)24-15-6-13(7-16(9-15)25-12(2)21)14(8-17(22)23)10-19-18(3,4)5;/h6-7,9,14,19H,8,10H2,1-5H3,(H,22,23);1H. The van der Waals surface area contributed by atoms with Crippen LogP contribution >= 0.6 is 12.4 Å². The molecule has 0 spiro atoms. The third-order valence-electron chi connectivity index (χ3n) is 3.20. The van der Waals surface area contributed by atoms with Crippen molar-refractivity contribution in [2.24, 2.45) is 0 Å². The van der Waals surface area contributed by atoms with Crippen LogP contribution in [0.15, 0.2) is 18.2 Å². The molecule has 26 heavy (non-hydrogen) atoms. The molecule has 7 nitrogen and oxygen atoms in total. The van der Waals surface area contributed by atoms with E-state index in [9.17, 15) is 19.5 Å². The monoisotopic (exact) mass is 387 g/mol. The first-order chi connectivity index (χ1) is 11.5. The van der Waals surface area contributed by atoms with Crippen LogP contribution in [0.5, 0.6) is 11.5 Å². The van der Waals surface area contributed by atoms with E-state index in [4.69, 9.17) is 9.47 Å². The normalized spacial score (nSPS) is 11.9. The number of rotatable bonds is 7. The number of carbonyl (C=O) groups is 3. The molecule has 0 fully saturated rings. The first kappa shape index (κ1) is 23.9. The van der Waals surface area contributed by atoms with E-state index in [1.807, 2.05) is 20.8 Å². The highest BCUT2D eigenvalue weighted by atomic mass is 35.5. The molecule has 1 unspecified atom stereocenters. The van der Waals surface area contributed by atoms with Gasteiger partial charge in [0.05, 0.1) is 6.42 Å². The summed E-state index contributed by atoms with van der Waals surface area (Å²) in [5, 5.41) is 12.5. The average molecular weight is 388 g/mol. The number of ether oxygens (including phenoxy) is 2. The summed E-state index contributed by atoms with van der Waals surface area (Å²) in [6.45, 7) is 8.85. The Morgan fingerprint density at radius 3 is 1.85 bits per heavy atom. The third kappa shape index (κ3) is 9.39. The minimum absolute atomic E-state index is 0. The van der Waals surface area contributed by atoms with Gasteiger partial charge in [-0.1, -0.05) is 0 Å². The lowest BCUT2D eigenvalue weighted by Gasteiger charge is -2.25. The summed E-state index contributed by atoms with van der Waals surface area (Å²) in [5.41, 5.74) is 0.414. The molecule has 0 aliphatic rings. The molecule has 2 N–H and O–H groups in total. The maximum Gasteiger partial charge on any atom is 0.308 e. The second kappa shape index (κ2) is 10.1. The maximum atomic E-state index is 11.2. The van der Waals surface area contributed by atoms with Crippen LogP contribution < -0.4 is 14.8 Å². The molecular weight excluding hydrogens is 362 g/mol. The first-order valence-electron chi connectivity index (χ1n) is 7.95. The van der Waals surface area contributed by atoms with Gasteiger partial charge in [0.1, 0.15) is 11.5 Å². The van der Waals surface area contributed by atoms with Crippen LogP contribution in [0.3, 0.4) is 0 Å². The molecule has 0 aliphatic carbocycles. The van der Waals surface area contributed by atoms with Gasteiger partial charge in [-0.15, -0.1) is 12.4 Å². The first-order valence-corrected chi connectivity index (χ1v) is 7.95. The summed E-state index contributed by atoms with van der Waals surface area (Å²) >= 11 is 0. The number of hydrogen-bond donors (Lipinski definition) is 2. The summed E-state index contributed by atoms with van der Waals surface area (Å²) in [5.74, 6) is -1.98. The van der Waals surface area contributed by atoms with E-state index in [0.717, 1.165) is 0 Å². The van der Waals surface area contributed by atoms with E-state index in [0.29, 0.717) is 12.1 Å². The fourth-order valence-electron chi connectivity index (χ4n) is 2.23. The topological polar surface area (TPSA) is 102 Å². The Balaban J connectivity index is 0.00000625. The van der Waals surface area contributed by atoms with Gasteiger partial charge in [0.15, 0.2) is 0 Å². The largest absolute Gasteiger partial charge is 0.481 e. The predicted octanol–water partition coefficient (Wildman–Crippen LogP) is 2.91. The van der Waals surface area contributed by atoms with Gasteiger partial charge in [-0.2, -0.15) is 0 Å². The highest BCUT2D eigenvalue weighted by Gasteiger charge is 2.21. The number of nitrogens with one attached hydrogen (secondary N) is 1. The number of halogens is 1. The molecule has 0 amide bonds. The lowest BCUT2D eigenvalue weighted by Crippen LogP contribution is -2.39. The van der Waals surface area contributed by atoms with Gasteiger partial charge in [-0.05, 0) is 38.5 Å². The molecule has 0 aromatic heterocycles. The summed E-state index contributed by atoms with van der Waals surface area (Å²) in [7, 11) is 0. The molecule has 0 saturated heterocycles. The quantitative estimate of drug-likeness (QED) is 0.547. The molecule has 0 saturated carbocycles. The van der Waals surface area contributed by atoms with E-state index in [1.54, 1.807) is 12.1 Å². The smallest absolute Gasteiger partial charge is 0.308 e. The molecule has 146 valence electrons. The highest BCUT2D eigenvalue weighted by Crippen LogP contribution is 2.30. The molecule has 1 atom stereocenters. The molecule has 8 heteroatoms. The minimum Gasteiger partial charge on any atom is -0.481 e. The van der Waals surface area contributed by atoms with Gasteiger partial charge in [-0.3, -0.25) is 14.4 Å². The maximum absolute atomic E-state index is 11.2. The zero-order valence-electron chi connectivity index (χ0n) is 15.6. The molecule has 1 aromatic rings. The molecule has 0 aliphatic heterocycles. The van der Waals surface area contributed by atoms with Gasteiger partial charge in [0, 0.05) is 37.9 Å².